The Bertz CT molecular complexity index is 1160. The van der Waals surface area contributed by atoms with E-state index in [0.29, 0.717) is 12.0 Å². The van der Waals surface area contributed by atoms with Crippen LogP contribution in [0.15, 0.2) is 36.4 Å². The molecule has 0 bridgehead atoms. The van der Waals surface area contributed by atoms with E-state index in [0.717, 1.165) is 48.5 Å². The van der Waals surface area contributed by atoms with Crippen LogP contribution in [0.5, 0.6) is 0 Å². The summed E-state index contributed by atoms with van der Waals surface area (Å²) in [5, 5.41) is 7.07. The van der Waals surface area contributed by atoms with Gasteiger partial charge in [-0.3, -0.25) is 0 Å². The van der Waals surface area contributed by atoms with Crippen molar-refractivity contribution in [1.29, 1.82) is 0 Å². The molecular formula is C24H26ClF4N5. The first-order valence-electron chi connectivity index (χ1n) is 11.1. The smallest absolute Gasteiger partial charge is 0.362 e. The maximum atomic E-state index is 14.3. The predicted octanol–water partition coefficient (Wildman–Crippen LogP) is 6.02. The number of hydrogen-bond donors (Lipinski definition) is 2. The lowest BCUT2D eigenvalue weighted by Gasteiger charge is -2.30. The number of hydrogen-bond acceptors (Lipinski definition) is 5. The molecule has 1 aliphatic rings. The molecule has 2 N–H and O–H groups in total. The number of halogens is 5. The standard InChI is InChI=1S/C24H26ClF4N5/c1-34(2)22-18-5-3-4-6-20(18)32-23(33-22)31-17-9-7-16(8-10-17)30-13-14-11-15(24(27,28)29)12-19(25)21(14)26/h3-6,11-12,16-17,30H,7-10,13H2,1-2H3,(H,31,32,33)/t16-,17+. The summed E-state index contributed by atoms with van der Waals surface area (Å²) in [7, 11) is 3.88. The Hall–Kier alpha value is -2.65. The van der Waals surface area contributed by atoms with E-state index in [2.05, 4.69) is 20.6 Å². The van der Waals surface area contributed by atoms with E-state index in [9.17, 15) is 17.6 Å². The van der Waals surface area contributed by atoms with E-state index < -0.39 is 22.6 Å². The second kappa shape index (κ2) is 9.92. The number of nitrogens with zero attached hydrogens (tertiary/aromatic N) is 3. The molecule has 5 nitrogen and oxygen atoms in total. The molecule has 1 aromatic heterocycles. The molecule has 0 atom stereocenters. The van der Waals surface area contributed by atoms with Crippen LogP contribution < -0.4 is 15.5 Å². The van der Waals surface area contributed by atoms with Crippen LogP contribution in [0.4, 0.5) is 29.3 Å². The Morgan fingerprint density at radius 1 is 1.03 bits per heavy atom. The first-order chi connectivity index (χ1) is 16.1. The minimum atomic E-state index is -4.58. The fraction of sp³-hybridized carbons (Fsp3) is 0.417. The first kappa shape index (κ1) is 24.5. The summed E-state index contributed by atoms with van der Waals surface area (Å²) in [5.41, 5.74) is -0.169. The largest absolute Gasteiger partial charge is 0.416 e. The van der Waals surface area contributed by atoms with E-state index >= 15 is 0 Å². The quantitative estimate of drug-likeness (QED) is 0.409. The molecule has 0 amide bonds. The molecule has 1 saturated carbocycles. The average Bonchev–Trinajstić information content (AvgIpc) is 2.79. The molecule has 0 aliphatic heterocycles. The van der Waals surface area contributed by atoms with Crippen molar-refractivity contribution in [2.45, 2.75) is 50.5 Å². The zero-order valence-corrected chi connectivity index (χ0v) is 19.6. The number of fused-ring (bicyclic) bond motifs is 1. The zero-order valence-electron chi connectivity index (χ0n) is 18.9. The minimum Gasteiger partial charge on any atom is -0.362 e. The molecule has 2 aromatic carbocycles. The molecule has 0 saturated heterocycles. The molecule has 0 spiro atoms. The third-order valence-corrected chi connectivity index (χ3v) is 6.35. The lowest BCUT2D eigenvalue weighted by molar-refractivity contribution is -0.137. The molecule has 182 valence electrons. The van der Waals surface area contributed by atoms with Gasteiger partial charge in [0.05, 0.1) is 16.1 Å². The van der Waals surface area contributed by atoms with Gasteiger partial charge in [-0.1, -0.05) is 23.7 Å². The van der Waals surface area contributed by atoms with Gasteiger partial charge >= 0.3 is 6.18 Å². The Balaban J connectivity index is 1.36. The summed E-state index contributed by atoms with van der Waals surface area (Å²) >= 11 is 5.68. The van der Waals surface area contributed by atoms with Crippen LogP contribution in [0.1, 0.15) is 36.8 Å². The zero-order chi connectivity index (χ0) is 24.5. The van der Waals surface area contributed by atoms with Gasteiger partial charge in [0.25, 0.3) is 0 Å². The number of aromatic nitrogens is 2. The van der Waals surface area contributed by atoms with Gasteiger partial charge in [-0.2, -0.15) is 18.2 Å². The SMILES string of the molecule is CN(C)c1nc(N[C@H]2CC[C@@H](NCc3cc(C(F)(F)F)cc(Cl)c3F)CC2)nc2ccccc12. The third kappa shape index (κ3) is 5.52. The van der Waals surface area contributed by atoms with Crippen molar-refractivity contribution < 1.29 is 17.6 Å². The summed E-state index contributed by atoms with van der Waals surface area (Å²) in [6.07, 6.45) is -1.33. The minimum absolute atomic E-state index is 0.0157. The maximum Gasteiger partial charge on any atom is 0.416 e. The van der Waals surface area contributed by atoms with Gasteiger partial charge in [0.15, 0.2) is 0 Å². The van der Waals surface area contributed by atoms with E-state index in [4.69, 9.17) is 11.6 Å². The van der Waals surface area contributed by atoms with Crippen LogP contribution >= 0.6 is 11.6 Å². The van der Waals surface area contributed by atoms with Crippen molar-refractivity contribution >= 4 is 34.3 Å². The molecule has 34 heavy (non-hydrogen) atoms. The number of nitrogens with one attached hydrogen (secondary N) is 2. The molecule has 3 aromatic rings. The maximum absolute atomic E-state index is 14.3. The number of alkyl halides is 3. The lowest BCUT2D eigenvalue weighted by atomic mass is 9.91. The van der Waals surface area contributed by atoms with E-state index in [-0.39, 0.29) is 24.2 Å². The van der Waals surface area contributed by atoms with Crippen molar-refractivity contribution in [3.8, 4) is 0 Å². The second-order valence-corrected chi connectivity index (χ2v) is 9.19. The van der Waals surface area contributed by atoms with Crippen LogP contribution in [0.25, 0.3) is 10.9 Å². The highest BCUT2D eigenvalue weighted by Crippen LogP contribution is 2.34. The Kier molecular flexibility index (Phi) is 7.14. The first-order valence-corrected chi connectivity index (χ1v) is 11.5. The normalized spacial score (nSPS) is 18.8. The average molecular weight is 496 g/mol. The highest BCUT2D eigenvalue weighted by atomic mass is 35.5. The monoisotopic (exact) mass is 495 g/mol. The molecule has 1 fully saturated rings. The van der Waals surface area contributed by atoms with Crippen LogP contribution in [0.2, 0.25) is 5.02 Å². The lowest BCUT2D eigenvalue weighted by Crippen LogP contribution is -2.37. The molecule has 1 aliphatic carbocycles. The van der Waals surface area contributed by atoms with Gasteiger partial charge in [0.1, 0.15) is 11.6 Å². The van der Waals surface area contributed by atoms with Crippen molar-refractivity contribution in [2.75, 3.05) is 24.3 Å². The number of rotatable bonds is 6. The Labute approximate surface area is 200 Å². The summed E-state index contributed by atoms with van der Waals surface area (Å²) in [4.78, 5) is 11.3. The van der Waals surface area contributed by atoms with Gasteiger partial charge in [-0.15, -0.1) is 0 Å². The van der Waals surface area contributed by atoms with Crippen molar-refractivity contribution in [3.63, 3.8) is 0 Å². The highest BCUT2D eigenvalue weighted by Gasteiger charge is 2.32. The summed E-state index contributed by atoms with van der Waals surface area (Å²) in [5.74, 6) is 0.590. The fourth-order valence-electron chi connectivity index (χ4n) is 4.28. The van der Waals surface area contributed by atoms with Gasteiger partial charge in [-0.25, -0.2) is 9.37 Å². The van der Waals surface area contributed by atoms with Crippen LogP contribution in [-0.4, -0.2) is 36.1 Å². The topological polar surface area (TPSA) is 53.1 Å². The van der Waals surface area contributed by atoms with Crippen LogP contribution in [-0.2, 0) is 12.7 Å². The van der Waals surface area contributed by atoms with Crippen molar-refractivity contribution in [1.82, 2.24) is 15.3 Å². The van der Waals surface area contributed by atoms with Gasteiger partial charge in [-0.05, 0) is 49.9 Å². The molecule has 10 heteroatoms. The van der Waals surface area contributed by atoms with Crippen molar-refractivity contribution in [3.05, 3.63) is 58.4 Å². The molecular weight excluding hydrogens is 470 g/mol. The molecule has 0 radical (unpaired) electrons. The summed E-state index contributed by atoms with van der Waals surface area (Å²) in [6, 6.07) is 9.53. The third-order valence-electron chi connectivity index (χ3n) is 6.08. The van der Waals surface area contributed by atoms with E-state index in [1.807, 2.05) is 43.3 Å². The van der Waals surface area contributed by atoms with Crippen LogP contribution in [0.3, 0.4) is 0 Å². The number of para-hydroxylation sites is 1. The molecule has 0 unspecified atom stereocenters. The second-order valence-electron chi connectivity index (χ2n) is 8.79. The molecule has 4 rings (SSSR count). The van der Waals surface area contributed by atoms with Crippen LogP contribution in [0, 0.1) is 5.82 Å². The van der Waals surface area contributed by atoms with E-state index in [1.54, 1.807) is 0 Å². The van der Waals surface area contributed by atoms with Crippen molar-refractivity contribution in [2.24, 2.45) is 0 Å². The highest BCUT2D eigenvalue weighted by molar-refractivity contribution is 6.30. The number of benzene rings is 2. The summed E-state index contributed by atoms with van der Waals surface area (Å²) in [6.45, 7) is -0.0157. The Morgan fingerprint density at radius 3 is 2.38 bits per heavy atom. The molecule has 1 heterocycles. The summed E-state index contributed by atoms with van der Waals surface area (Å²) < 4.78 is 53.4. The number of anilines is 2. The fourth-order valence-corrected chi connectivity index (χ4v) is 4.52. The van der Waals surface area contributed by atoms with E-state index in [1.165, 1.54) is 0 Å². The van der Waals surface area contributed by atoms with Gasteiger partial charge < -0.3 is 15.5 Å². The predicted molar refractivity (Wildman–Crippen MR) is 127 cm³/mol. The van der Waals surface area contributed by atoms with Gasteiger partial charge in [0, 0.05) is 43.7 Å². The van der Waals surface area contributed by atoms with Gasteiger partial charge in [0.2, 0.25) is 5.95 Å². The Morgan fingerprint density at radius 2 is 1.71 bits per heavy atom.